The minimum Gasteiger partial charge on any atom is -0.377 e. The molecule has 1 fully saturated rings. The largest absolute Gasteiger partial charge is 0.377 e. The van der Waals surface area contributed by atoms with Crippen LogP contribution >= 0.6 is 0 Å². The van der Waals surface area contributed by atoms with Crippen molar-refractivity contribution in [1.29, 1.82) is 0 Å². The maximum atomic E-state index is 12.2. The Morgan fingerprint density at radius 2 is 2.33 bits per heavy atom. The highest BCUT2D eigenvalue weighted by Gasteiger charge is 2.31. The number of amides is 1. The standard InChI is InChI=1S/C13H22N6O2/c1-3-9-11(18-14)16-8-17-12(9)19-5-6-21-7-10(19)13(20)15-4-2/h8,10H,3-7,14H2,1-2H3,(H,15,20)(H,16,17,18). The van der Waals surface area contributed by atoms with Gasteiger partial charge in [0.05, 0.1) is 13.2 Å². The predicted octanol–water partition coefficient (Wildman–Crippen LogP) is -0.334. The normalized spacial score (nSPS) is 18.4. The first kappa shape index (κ1) is 15.5. The molecule has 2 heterocycles. The predicted molar refractivity (Wildman–Crippen MR) is 79.9 cm³/mol. The van der Waals surface area contributed by atoms with Crippen molar-refractivity contribution in [2.24, 2.45) is 5.84 Å². The summed E-state index contributed by atoms with van der Waals surface area (Å²) in [5.41, 5.74) is 3.48. The summed E-state index contributed by atoms with van der Waals surface area (Å²) in [7, 11) is 0. The monoisotopic (exact) mass is 294 g/mol. The van der Waals surface area contributed by atoms with E-state index in [1.807, 2.05) is 18.7 Å². The van der Waals surface area contributed by atoms with Gasteiger partial charge in [0.1, 0.15) is 24.0 Å². The van der Waals surface area contributed by atoms with Crippen molar-refractivity contribution < 1.29 is 9.53 Å². The lowest BCUT2D eigenvalue weighted by atomic mass is 10.1. The molecule has 1 saturated heterocycles. The van der Waals surface area contributed by atoms with Gasteiger partial charge in [0.15, 0.2) is 0 Å². The average Bonchev–Trinajstić information content (AvgIpc) is 2.54. The number of ether oxygens (including phenoxy) is 1. The molecule has 2 rings (SSSR count). The Balaban J connectivity index is 2.35. The number of nitrogen functional groups attached to an aromatic ring is 1. The van der Waals surface area contributed by atoms with Gasteiger partial charge in [-0.2, -0.15) is 0 Å². The summed E-state index contributed by atoms with van der Waals surface area (Å²) in [6.45, 7) is 6.01. The molecule has 21 heavy (non-hydrogen) atoms. The number of nitrogens with two attached hydrogens (primary N) is 1. The van der Waals surface area contributed by atoms with Crippen LogP contribution in [0, 0.1) is 0 Å². The first-order valence-electron chi connectivity index (χ1n) is 7.15. The number of hydrazine groups is 1. The third kappa shape index (κ3) is 3.22. The zero-order valence-electron chi connectivity index (χ0n) is 12.4. The van der Waals surface area contributed by atoms with Crippen LogP contribution in [0.2, 0.25) is 0 Å². The van der Waals surface area contributed by atoms with Gasteiger partial charge in [0, 0.05) is 18.7 Å². The zero-order valence-corrected chi connectivity index (χ0v) is 12.4. The van der Waals surface area contributed by atoms with Crippen LogP contribution < -0.4 is 21.5 Å². The number of anilines is 2. The summed E-state index contributed by atoms with van der Waals surface area (Å²) in [5.74, 6) is 6.77. The van der Waals surface area contributed by atoms with Crippen LogP contribution in [-0.4, -0.2) is 48.2 Å². The highest BCUT2D eigenvalue weighted by Crippen LogP contribution is 2.26. The van der Waals surface area contributed by atoms with Gasteiger partial charge in [-0.05, 0) is 13.3 Å². The van der Waals surface area contributed by atoms with Crippen molar-refractivity contribution in [2.75, 3.05) is 36.6 Å². The molecule has 1 unspecified atom stereocenters. The number of nitrogens with zero attached hydrogens (tertiary/aromatic N) is 3. The first-order valence-corrected chi connectivity index (χ1v) is 7.15. The summed E-state index contributed by atoms with van der Waals surface area (Å²) in [5, 5.41) is 2.84. The average molecular weight is 294 g/mol. The van der Waals surface area contributed by atoms with E-state index in [-0.39, 0.29) is 11.9 Å². The number of nitrogens with one attached hydrogen (secondary N) is 2. The molecule has 1 aromatic rings. The Labute approximate surface area is 124 Å². The Bertz CT molecular complexity index is 496. The minimum atomic E-state index is -0.385. The molecule has 1 aromatic heterocycles. The van der Waals surface area contributed by atoms with E-state index < -0.39 is 0 Å². The van der Waals surface area contributed by atoms with Crippen molar-refractivity contribution in [2.45, 2.75) is 26.3 Å². The van der Waals surface area contributed by atoms with E-state index in [1.165, 1.54) is 6.33 Å². The third-order valence-corrected chi connectivity index (χ3v) is 3.47. The molecule has 0 saturated carbocycles. The topological polar surface area (TPSA) is 105 Å². The number of carbonyl (C=O) groups excluding carboxylic acids is 1. The van der Waals surface area contributed by atoms with Gasteiger partial charge in [0.2, 0.25) is 5.91 Å². The van der Waals surface area contributed by atoms with Crippen LogP contribution in [0.1, 0.15) is 19.4 Å². The van der Waals surface area contributed by atoms with Crippen LogP contribution in [0.4, 0.5) is 11.6 Å². The molecular formula is C13H22N6O2. The summed E-state index contributed by atoms with van der Waals surface area (Å²) in [4.78, 5) is 22.7. The molecule has 8 heteroatoms. The van der Waals surface area contributed by atoms with E-state index in [4.69, 9.17) is 10.6 Å². The van der Waals surface area contributed by atoms with E-state index in [2.05, 4.69) is 20.7 Å². The van der Waals surface area contributed by atoms with Gasteiger partial charge in [-0.3, -0.25) is 4.79 Å². The van der Waals surface area contributed by atoms with Gasteiger partial charge in [-0.1, -0.05) is 6.92 Å². The van der Waals surface area contributed by atoms with Crippen molar-refractivity contribution in [3.63, 3.8) is 0 Å². The molecule has 1 aliphatic heterocycles. The van der Waals surface area contributed by atoms with Crippen LogP contribution in [0.15, 0.2) is 6.33 Å². The fourth-order valence-corrected chi connectivity index (χ4v) is 2.47. The number of morpholine rings is 1. The highest BCUT2D eigenvalue weighted by atomic mass is 16.5. The molecule has 0 aliphatic carbocycles. The molecule has 1 atom stereocenters. The highest BCUT2D eigenvalue weighted by molar-refractivity contribution is 5.85. The second kappa shape index (κ2) is 7.19. The SMILES string of the molecule is CCNC(=O)C1COCCN1c1ncnc(NN)c1CC. The number of aromatic nitrogens is 2. The van der Waals surface area contributed by atoms with Gasteiger partial charge in [0.25, 0.3) is 0 Å². The lowest BCUT2D eigenvalue weighted by Crippen LogP contribution is -2.54. The molecule has 0 aromatic carbocycles. The molecule has 1 amide bonds. The fraction of sp³-hybridized carbons (Fsp3) is 0.615. The molecule has 4 N–H and O–H groups in total. The number of likely N-dealkylation sites (N-methyl/N-ethyl adjacent to an activating group) is 1. The summed E-state index contributed by atoms with van der Waals surface area (Å²) >= 11 is 0. The summed E-state index contributed by atoms with van der Waals surface area (Å²) < 4.78 is 5.45. The summed E-state index contributed by atoms with van der Waals surface area (Å²) in [6.07, 6.45) is 2.17. The van der Waals surface area contributed by atoms with Gasteiger partial charge < -0.3 is 20.4 Å². The molecule has 1 aliphatic rings. The Morgan fingerprint density at radius 3 is 3.00 bits per heavy atom. The molecule has 0 bridgehead atoms. The second-order valence-corrected chi connectivity index (χ2v) is 4.70. The smallest absolute Gasteiger partial charge is 0.245 e. The zero-order chi connectivity index (χ0) is 15.2. The van der Waals surface area contributed by atoms with E-state index in [9.17, 15) is 4.79 Å². The number of rotatable bonds is 5. The maximum absolute atomic E-state index is 12.2. The molecule has 0 spiro atoms. The van der Waals surface area contributed by atoms with Crippen molar-refractivity contribution in [3.8, 4) is 0 Å². The van der Waals surface area contributed by atoms with E-state index in [1.54, 1.807) is 0 Å². The number of hydrogen-bond acceptors (Lipinski definition) is 7. The van der Waals surface area contributed by atoms with Crippen molar-refractivity contribution in [1.82, 2.24) is 15.3 Å². The van der Waals surface area contributed by atoms with Gasteiger partial charge in [-0.15, -0.1) is 0 Å². The minimum absolute atomic E-state index is 0.0554. The van der Waals surface area contributed by atoms with E-state index in [0.29, 0.717) is 32.1 Å². The Kier molecular flexibility index (Phi) is 5.29. The second-order valence-electron chi connectivity index (χ2n) is 4.70. The van der Waals surface area contributed by atoms with Crippen LogP contribution in [0.3, 0.4) is 0 Å². The van der Waals surface area contributed by atoms with Gasteiger partial charge in [-0.25, -0.2) is 15.8 Å². The lowest BCUT2D eigenvalue weighted by molar-refractivity contribution is -0.124. The quantitative estimate of drug-likeness (QED) is 0.504. The fourth-order valence-electron chi connectivity index (χ4n) is 2.47. The van der Waals surface area contributed by atoms with E-state index >= 15 is 0 Å². The molecule has 116 valence electrons. The van der Waals surface area contributed by atoms with Crippen LogP contribution in [0.5, 0.6) is 0 Å². The van der Waals surface area contributed by atoms with Crippen LogP contribution in [-0.2, 0) is 16.0 Å². The molecular weight excluding hydrogens is 272 g/mol. The Hall–Kier alpha value is -1.93. The van der Waals surface area contributed by atoms with Crippen molar-refractivity contribution >= 4 is 17.5 Å². The first-order chi connectivity index (χ1) is 10.2. The lowest BCUT2D eigenvalue weighted by Gasteiger charge is -2.36. The maximum Gasteiger partial charge on any atom is 0.245 e. The number of carbonyl (C=O) groups is 1. The van der Waals surface area contributed by atoms with E-state index in [0.717, 1.165) is 17.8 Å². The Morgan fingerprint density at radius 1 is 1.52 bits per heavy atom. The van der Waals surface area contributed by atoms with Crippen molar-refractivity contribution in [3.05, 3.63) is 11.9 Å². The molecule has 8 nitrogen and oxygen atoms in total. The number of hydrogen-bond donors (Lipinski definition) is 3. The third-order valence-electron chi connectivity index (χ3n) is 3.47. The summed E-state index contributed by atoms with van der Waals surface area (Å²) in [6, 6.07) is -0.385. The van der Waals surface area contributed by atoms with Gasteiger partial charge >= 0.3 is 0 Å². The van der Waals surface area contributed by atoms with Crippen LogP contribution in [0.25, 0.3) is 0 Å². The molecule has 0 radical (unpaired) electrons.